The number of rotatable bonds is 5. The Morgan fingerprint density at radius 3 is 2.16 bits per heavy atom. The SMILES string of the molecule is O=S(=O)(O)c1ccc2c(N=Nc3ccc(Nc4ccccc4)cc3)c([O-])ccc2c1.[Na+]. The molecule has 0 atom stereocenters. The molecule has 0 aliphatic carbocycles. The van der Waals surface area contributed by atoms with Gasteiger partial charge < -0.3 is 10.4 Å². The first-order valence-electron chi connectivity index (χ1n) is 8.95. The fourth-order valence-electron chi connectivity index (χ4n) is 2.94. The Balaban J connectivity index is 0.00000272. The standard InChI is InChI=1S/C22H17N3O4S.Na/c26-21-13-6-15-14-19(30(27,28)29)11-12-20(15)22(21)25-24-18-9-7-17(8-10-18)23-16-4-2-1-3-5-16;/h1-14,23,26H,(H,27,28,29);/q;+1/p-1. The van der Waals surface area contributed by atoms with Crippen molar-refractivity contribution < 1.29 is 47.6 Å². The van der Waals surface area contributed by atoms with Gasteiger partial charge in [-0.25, -0.2) is 0 Å². The molecule has 4 aromatic carbocycles. The van der Waals surface area contributed by atoms with E-state index in [1.807, 2.05) is 42.5 Å². The largest absolute Gasteiger partial charge is 1.00 e. The van der Waals surface area contributed by atoms with Gasteiger partial charge in [-0.05, 0) is 53.9 Å². The van der Waals surface area contributed by atoms with Crippen LogP contribution in [0.2, 0.25) is 0 Å². The Morgan fingerprint density at radius 2 is 1.48 bits per heavy atom. The number of para-hydroxylation sites is 1. The Kier molecular flexibility index (Phi) is 7.09. The Morgan fingerprint density at radius 1 is 0.806 bits per heavy atom. The fraction of sp³-hybridized carbons (Fsp3) is 0. The van der Waals surface area contributed by atoms with Crippen molar-refractivity contribution in [1.29, 1.82) is 0 Å². The summed E-state index contributed by atoms with van der Waals surface area (Å²) in [5.41, 5.74) is 2.50. The van der Waals surface area contributed by atoms with E-state index >= 15 is 0 Å². The molecule has 4 rings (SSSR count). The van der Waals surface area contributed by atoms with E-state index in [1.54, 1.807) is 12.1 Å². The number of hydrogen-bond donors (Lipinski definition) is 2. The van der Waals surface area contributed by atoms with Crippen LogP contribution < -0.4 is 40.0 Å². The minimum atomic E-state index is -4.34. The predicted octanol–water partition coefficient (Wildman–Crippen LogP) is 2.32. The van der Waals surface area contributed by atoms with Gasteiger partial charge in [0.05, 0.1) is 16.3 Å². The van der Waals surface area contributed by atoms with Crippen LogP contribution in [0.1, 0.15) is 0 Å². The third kappa shape index (κ3) is 5.49. The molecule has 0 amide bonds. The zero-order valence-corrected chi connectivity index (χ0v) is 19.4. The molecule has 0 aliphatic rings. The van der Waals surface area contributed by atoms with Crippen LogP contribution in [-0.4, -0.2) is 13.0 Å². The second-order valence-corrected chi connectivity index (χ2v) is 7.93. The van der Waals surface area contributed by atoms with Gasteiger partial charge in [0, 0.05) is 16.8 Å². The summed E-state index contributed by atoms with van der Waals surface area (Å²) in [7, 11) is -4.34. The van der Waals surface area contributed by atoms with Crippen molar-refractivity contribution in [1.82, 2.24) is 0 Å². The average molecular weight is 441 g/mol. The minimum Gasteiger partial charge on any atom is -0.871 e. The number of hydrogen-bond acceptors (Lipinski definition) is 6. The topological polar surface area (TPSA) is 114 Å². The van der Waals surface area contributed by atoms with Gasteiger partial charge in [-0.3, -0.25) is 4.55 Å². The smallest absolute Gasteiger partial charge is 0.871 e. The van der Waals surface area contributed by atoms with Crippen LogP contribution in [0.5, 0.6) is 5.75 Å². The molecule has 0 fully saturated rings. The molecule has 2 N–H and O–H groups in total. The summed E-state index contributed by atoms with van der Waals surface area (Å²) in [5.74, 6) is -0.340. The first-order chi connectivity index (χ1) is 14.4. The third-order valence-corrected chi connectivity index (χ3v) is 5.27. The van der Waals surface area contributed by atoms with E-state index in [2.05, 4.69) is 15.5 Å². The van der Waals surface area contributed by atoms with Crippen molar-refractivity contribution >= 4 is 43.6 Å². The molecule has 0 bridgehead atoms. The molecule has 0 spiro atoms. The Bertz CT molecular complexity index is 1340. The maximum Gasteiger partial charge on any atom is 1.00 e. The van der Waals surface area contributed by atoms with Gasteiger partial charge in [0.25, 0.3) is 10.1 Å². The Labute approximate surface area is 201 Å². The summed E-state index contributed by atoms with van der Waals surface area (Å²) < 4.78 is 31.9. The molecule has 0 saturated heterocycles. The molecule has 0 aromatic heterocycles. The van der Waals surface area contributed by atoms with Crippen LogP contribution in [0, 0.1) is 0 Å². The van der Waals surface area contributed by atoms with Crippen molar-refractivity contribution in [2.24, 2.45) is 10.2 Å². The van der Waals surface area contributed by atoms with Crippen molar-refractivity contribution in [3.8, 4) is 5.75 Å². The molecule has 9 heteroatoms. The number of azo groups is 1. The molecule has 0 unspecified atom stereocenters. The van der Waals surface area contributed by atoms with Crippen LogP contribution in [0.15, 0.2) is 100 Å². The summed E-state index contributed by atoms with van der Waals surface area (Å²) in [4.78, 5) is -0.252. The summed E-state index contributed by atoms with van der Waals surface area (Å²) in [5, 5.41) is 24.7. The van der Waals surface area contributed by atoms with Crippen molar-refractivity contribution in [3.05, 3.63) is 84.9 Å². The number of fused-ring (bicyclic) bond motifs is 1. The molecule has 0 radical (unpaired) electrons. The summed E-state index contributed by atoms with van der Waals surface area (Å²) in [6.45, 7) is 0. The number of anilines is 2. The van der Waals surface area contributed by atoms with Gasteiger partial charge in [0.15, 0.2) is 0 Å². The van der Waals surface area contributed by atoms with Gasteiger partial charge >= 0.3 is 29.6 Å². The first-order valence-corrected chi connectivity index (χ1v) is 10.4. The average Bonchev–Trinajstić information content (AvgIpc) is 2.74. The second-order valence-electron chi connectivity index (χ2n) is 6.51. The van der Waals surface area contributed by atoms with Crippen LogP contribution in [0.25, 0.3) is 10.8 Å². The molecule has 150 valence electrons. The van der Waals surface area contributed by atoms with E-state index in [0.29, 0.717) is 16.5 Å². The molecule has 0 aliphatic heterocycles. The number of nitrogens with one attached hydrogen (secondary N) is 1. The fourth-order valence-corrected chi connectivity index (χ4v) is 3.46. The maximum atomic E-state index is 12.3. The van der Waals surface area contributed by atoms with E-state index < -0.39 is 10.1 Å². The molecule has 0 saturated carbocycles. The quantitative estimate of drug-likeness (QED) is 0.280. The van der Waals surface area contributed by atoms with E-state index in [4.69, 9.17) is 0 Å². The maximum absolute atomic E-state index is 12.3. The van der Waals surface area contributed by atoms with Crippen LogP contribution >= 0.6 is 0 Å². The monoisotopic (exact) mass is 441 g/mol. The molecule has 7 nitrogen and oxygen atoms in total. The van der Waals surface area contributed by atoms with E-state index in [9.17, 15) is 18.1 Å². The van der Waals surface area contributed by atoms with E-state index in [-0.39, 0.29) is 45.9 Å². The second kappa shape index (κ2) is 9.59. The minimum absolute atomic E-state index is 0. The van der Waals surface area contributed by atoms with Crippen LogP contribution in [-0.2, 0) is 10.1 Å². The van der Waals surface area contributed by atoms with Gasteiger partial charge in [-0.2, -0.15) is 18.6 Å². The molecule has 0 heterocycles. The van der Waals surface area contributed by atoms with E-state index in [1.165, 1.54) is 30.3 Å². The van der Waals surface area contributed by atoms with Gasteiger partial charge in [0.1, 0.15) is 0 Å². The van der Waals surface area contributed by atoms with E-state index in [0.717, 1.165) is 11.4 Å². The van der Waals surface area contributed by atoms with Crippen LogP contribution in [0.4, 0.5) is 22.7 Å². The van der Waals surface area contributed by atoms with Crippen molar-refractivity contribution in [3.63, 3.8) is 0 Å². The molecular formula is C22H16N3NaO4S. The van der Waals surface area contributed by atoms with Crippen molar-refractivity contribution in [2.45, 2.75) is 4.90 Å². The zero-order chi connectivity index (χ0) is 21.1. The van der Waals surface area contributed by atoms with Gasteiger partial charge in [0.2, 0.25) is 0 Å². The molecule has 31 heavy (non-hydrogen) atoms. The number of benzene rings is 4. The van der Waals surface area contributed by atoms with Gasteiger partial charge in [-0.15, -0.1) is 0 Å². The summed E-state index contributed by atoms with van der Waals surface area (Å²) in [6.07, 6.45) is 0. The summed E-state index contributed by atoms with van der Waals surface area (Å²) in [6, 6.07) is 23.7. The summed E-state index contributed by atoms with van der Waals surface area (Å²) >= 11 is 0. The van der Waals surface area contributed by atoms with Crippen LogP contribution in [0.3, 0.4) is 0 Å². The molecule has 4 aromatic rings. The Hall–Kier alpha value is -2.75. The molecular weight excluding hydrogens is 425 g/mol. The number of nitrogens with zero attached hydrogens (tertiary/aromatic N) is 2. The normalized spacial score (nSPS) is 11.4. The predicted molar refractivity (Wildman–Crippen MR) is 114 cm³/mol. The first kappa shape index (κ1) is 22.9. The third-order valence-electron chi connectivity index (χ3n) is 4.42. The van der Waals surface area contributed by atoms with Gasteiger partial charge in [-0.1, -0.05) is 42.1 Å². The zero-order valence-electron chi connectivity index (χ0n) is 16.6. The van der Waals surface area contributed by atoms with Crippen molar-refractivity contribution in [2.75, 3.05) is 5.32 Å².